The van der Waals surface area contributed by atoms with Crippen molar-refractivity contribution in [2.75, 3.05) is 11.9 Å². The molecule has 1 spiro atoms. The zero-order chi connectivity index (χ0) is 19.5. The van der Waals surface area contributed by atoms with E-state index >= 15 is 0 Å². The summed E-state index contributed by atoms with van der Waals surface area (Å²) in [4.78, 5) is 14.3. The molecule has 0 saturated heterocycles. The van der Waals surface area contributed by atoms with Crippen molar-refractivity contribution in [2.45, 2.75) is 30.7 Å². The molecule has 1 amide bonds. The fourth-order valence-corrected chi connectivity index (χ4v) is 4.02. The Morgan fingerprint density at radius 2 is 1.69 bits per heavy atom. The maximum atomic E-state index is 12.9. The maximum absolute atomic E-state index is 12.9. The number of sulfonamides is 1. The Balaban J connectivity index is 2.15. The van der Waals surface area contributed by atoms with E-state index in [1.165, 1.54) is 17.1 Å². The second kappa shape index (κ2) is 5.60. The Labute approximate surface area is 149 Å². The van der Waals surface area contributed by atoms with Crippen molar-refractivity contribution in [3.8, 4) is 0 Å². The zero-order valence-electron chi connectivity index (χ0n) is 14.3. The van der Waals surface area contributed by atoms with Gasteiger partial charge < -0.3 is 4.90 Å². The van der Waals surface area contributed by atoms with Crippen molar-refractivity contribution in [3.05, 3.63) is 53.9 Å². The predicted molar refractivity (Wildman–Crippen MR) is 90.7 cm³/mol. The normalized spacial score (nSPS) is 19.0. The summed E-state index contributed by atoms with van der Waals surface area (Å²) >= 11 is 0. The molecule has 0 unspecified atom stereocenters. The van der Waals surface area contributed by atoms with Gasteiger partial charge >= 0.3 is 15.5 Å². The van der Waals surface area contributed by atoms with Gasteiger partial charge in [-0.05, 0) is 29.7 Å². The van der Waals surface area contributed by atoms with Crippen molar-refractivity contribution >= 4 is 21.6 Å². The number of amides is 1. The minimum Gasteiger partial charge on any atom is -0.314 e. The van der Waals surface area contributed by atoms with Gasteiger partial charge in [-0.25, -0.2) is 4.31 Å². The maximum Gasteiger partial charge on any atom is 0.517 e. The van der Waals surface area contributed by atoms with E-state index in [1.807, 2.05) is 26.0 Å². The number of nitrogens with zero attached hydrogens (tertiary/aromatic N) is 2. The van der Waals surface area contributed by atoms with Crippen LogP contribution in [0.2, 0.25) is 0 Å². The molecular formula is C17H17F3N2O3S. The van der Waals surface area contributed by atoms with E-state index in [9.17, 15) is 26.4 Å². The van der Waals surface area contributed by atoms with Crippen molar-refractivity contribution < 1.29 is 26.4 Å². The van der Waals surface area contributed by atoms with E-state index in [-0.39, 0.29) is 16.1 Å². The van der Waals surface area contributed by atoms with Crippen molar-refractivity contribution in [1.29, 1.82) is 0 Å². The van der Waals surface area contributed by atoms with Crippen LogP contribution in [0.25, 0.3) is 0 Å². The van der Waals surface area contributed by atoms with Gasteiger partial charge in [0, 0.05) is 30.7 Å². The quantitative estimate of drug-likeness (QED) is 0.784. The monoisotopic (exact) mass is 386 g/mol. The van der Waals surface area contributed by atoms with Gasteiger partial charge in [0.25, 0.3) is 0 Å². The molecule has 3 rings (SSSR count). The lowest BCUT2D eigenvalue weighted by Crippen LogP contribution is -2.41. The van der Waals surface area contributed by atoms with Crippen LogP contribution in [0.5, 0.6) is 0 Å². The zero-order valence-corrected chi connectivity index (χ0v) is 15.1. The molecule has 0 N–H and O–H groups in total. The molecule has 0 atom stereocenters. The van der Waals surface area contributed by atoms with E-state index in [4.69, 9.17) is 0 Å². The lowest BCUT2D eigenvalue weighted by molar-refractivity contribution is -0.120. The lowest BCUT2D eigenvalue weighted by atomic mass is 9.76. The highest BCUT2D eigenvalue weighted by molar-refractivity contribution is 7.90. The number of likely N-dealkylation sites (N-methyl/N-ethyl adjacent to an activating group) is 1. The number of rotatable bonds is 2. The van der Waals surface area contributed by atoms with Crippen LogP contribution in [0, 0.1) is 0 Å². The molecule has 9 heteroatoms. The minimum absolute atomic E-state index is 0.0693. The van der Waals surface area contributed by atoms with Crippen LogP contribution in [0.3, 0.4) is 0 Å². The van der Waals surface area contributed by atoms with Crippen LogP contribution in [0.1, 0.15) is 30.9 Å². The van der Waals surface area contributed by atoms with E-state index in [0.29, 0.717) is 11.3 Å². The Bertz CT molecular complexity index is 919. The van der Waals surface area contributed by atoms with Gasteiger partial charge in [-0.1, -0.05) is 26.0 Å². The summed E-state index contributed by atoms with van der Waals surface area (Å²) in [6.07, 6.45) is 4.02. The third kappa shape index (κ3) is 2.37. The number of anilines is 1. The van der Waals surface area contributed by atoms with Crippen LogP contribution >= 0.6 is 0 Å². The summed E-state index contributed by atoms with van der Waals surface area (Å²) in [5.41, 5.74) is -4.55. The molecule has 0 aliphatic carbocycles. The van der Waals surface area contributed by atoms with Gasteiger partial charge in [-0.3, -0.25) is 4.79 Å². The lowest BCUT2D eigenvalue weighted by Gasteiger charge is -2.29. The van der Waals surface area contributed by atoms with E-state index in [1.54, 1.807) is 13.1 Å². The third-order valence-electron chi connectivity index (χ3n) is 4.67. The Hall–Kier alpha value is -2.29. The van der Waals surface area contributed by atoms with Gasteiger partial charge in [0.1, 0.15) is 5.41 Å². The van der Waals surface area contributed by atoms with Crippen molar-refractivity contribution in [1.82, 2.24) is 4.31 Å². The average molecular weight is 386 g/mol. The summed E-state index contributed by atoms with van der Waals surface area (Å²) < 4.78 is 61.5. The van der Waals surface area contributed by atoms with Gasteiger partial charge in [-0.15, -0.1) is 0 Å². The standard InChI is InChI=1S/C17H17F3N2O3S/c1-11(2)12-5-4-6-13-14(12)16(15(23)21(13)3)7-9-22(10-8-16)26(24,25)17(18,19)20/h4-11H,1-3H3. The molecule has 1 aromatic rings. The van der Waals surface area contributed by atoms with Crippen molar-refractivity contribution in [3.63, 3.8) is 0 Å². The number of carbonyl (C=O) groups is 1. The number of carbonyl (C=O) groups excluding carboxylic acids is 1. The molecule has 2 aliphatic rings. The Morgan fingerprint density at radius 3 is 2.19 bits per heavy atom. The molecule has 5 nitrogen and oxygen atoms in total. The summed E-state index contributed by atoms with van der Waals surface area (Å²) in [6.45, 7) is 3.89. The van der Waals surface area contributed by atoms with Crippen molar-refractivity contribution in [2.24, 2.45) is 0 Å². The van der Waals surface area contributed by atoms with E-state index in [2.05, 4.69) is 0 Å². The van der Waals surface area contributed by atoms with Crippen LogP contribution in [-0.4, -0.2) is 31.2 Å². The first-order valence-corrected chi connectivity index (χ1v) is 9.27. The van der Waals surface area contributed by atoms with E-state index in [0.717, 1.165) is 18.0 Å². The molecule has 0 fully saturated rings. The highest BCUT2D eigenvalue weighted by atomic mass is 32.2. The topological polar surface area (TPSA) is 57.7 Å². The third-order valence-corrected chi connectivity index (χ3v) is 6.05. The van der Waals surface area contributed by atoms with Gasteiger partial charge in [0.2, 0.25) is 5.91 Å². The van der Waals surface area contributed by atoms with Gasteiger partial charge in [0.05, 0.1) is 0 Å². The fourth-order valence-electron chi connectivity index (χ4n) is 3.34. The molecule has 1 aromatic carbocycles. The summed E-state index contributed by atoms with van der Waals surface area (Å²) in [5, 5.41) is 0. The number of benzene rings is 1. The first-order valence-electron chi connectivity index (χ1n) is 7.83. The number of fused-ring (bicyclic) bond motifs is 2. The predicted octanol–water partition coefficient (Wildman–Crippen LogP) is 3.22. The smallest absolute Gasteiger partial charge is 0.314 e. The Kier molecular flexibility index (Phi) is 3.99. The average Bonchev–Trinajstić information content (AvgIpc) is 2.77. The summed E-state index contributed by atoms with van der Waals surface area (Å²) in [7, 11) is -3.96. The number of alkyl halides is 3. The SMILES string of the molecule is CC(C)c1cccc2c1C1(C=CN(S(=O)(=O)C(F)(F)F)C=C1)C(=O)N2C. The van der Waals surface area contributed by atoms with Gasteiger partial charge in [-0.2, -0.15) is 21.6 Å². The number of hydrogen-bond acceptors (Lipinski definition) is 3. The second-order valence-corrected chi connectivity index (χ2v) is 8.38. The van der Waals surface area contributed by atoms with Crippen LogP contribution in [0.4, 0.5) is 18.9 Å². The molecule has 0 aromatic heterocycles. The first-order chi connectivity index (χ1) is 11.9. The summed E-state index contributed by atoms with van der Waals surface area (Å²) in [5.74, 6) is -0.281. The Morgan fingerprint density at radius 1 is 1.12 bits per heavy atom. The van der Waals surface area contributed by atoms with Crippen LogP contribution < -0.4 is 4.90 Å². The highest BCUT2D eigenvalue weighted by Gasteiger charge is 2.53. The van der Waals surface area contributed by atoms with Gasteiger partial charge in [0.15, 0.2) is 0 Å². The van der Waals surface area contributed by atoms with Crippen LogP contribution in [0.15, 0.2) is 42.8 Å². The molecule has 0 bridgehead atoms. The minimum atomic E-state index is -5.55. The van der Waals surface area contributed by atoms with E-state index < -0.39 is 20.9 Å². The molecule has 26 heavy (non-hydrogen) atoms. The largest absolute Gasteiger partial charge is 0.517 e. The molecule has 0 saturated carbocycles. The molecule has 2 aliphatic heterocycles. The fraction of sp³-hybridized carbons (Fsp3) is 0.353. The second-order valence-electron chi connectivity index (χ2n) is 6.54. The number of hydrogen-bond donors (Lipinski definition) is 0. The first kappa shape index (κ1) is 18.5. The molecule has 0 radical (unpaired) electrons. The number of halogens is 3. The molecule has 140 valence electrons. The summed E-state index contributed by atoms with van der Waals surface area (Å²) in [6, 6.07) is 5.43. The molecule has 2 heterocycles. The molecular weight excluding hydrogens is 369 g/mol. The van der Waals surface area contributed by atoms with Crippen LogP contribution in [-0.2, 0) is 20.2 Å². The highest BCUT2D eigenvalue weighted by Crippen LogP contribution is 2.48.